The molecular weight excluding hydrogens is 382 g/mol. The molecule has 4 nitrogen and oxygen atoms in total. The van der Waals surface area contributed by atoms with Gasteiger partial charge >= 0.3 is 0 Å². The summed E-state index contributed by atoms with van der Waals surface area (Å²) in [6.07, 6.45) is 10.7. The van der Waals surface area contributed by atoms with Crippen molar-refractivity contribution in [3.63, 3.8) is 0 Å². The number of terminal acetylenes is 1. The number of carbonyl (C=O) groups is 1. The highest BCUT2D eigenvalue weighted by Gasteiger charge is 2.17. The zero-order valence-corrected chi connectivity index (χ0v) is 17.2. The number of anilines is 2. The highest BCUT2D eigenvalue weighted by molar-refractivity contribution is 6.33. The number of nitrogens with zero attached hydrogens (tertiary/aromatic N) is 3. The highest BCUT2D eigenvalue weighted by atomic mass is 35.5. The van der Waals surface area contributed by atoms with Gasteiger partial charge in [0.15, 0.2) is 5.78 Å². The SMILES string of the molecule is C#Cc1cccc(C(=O)Cc2ccc(Cl)c(N(CC(C)C)c3cncnc3)c2)c1. The fraction of sp³-hybridized carbons (Fsp3) is 0.208. The van der Waals surface area contributed by atoms with Crippen molar-refractivity contribution in [3.8, 4) is 12.3 Å². The Bertz CT molecular complexity index is 1040. The lowest BCUT2D eigenvalue weighted by atomic mass is 10.0. The van der Waals surface area contributed by atoms with Crippen molar-refractivity contribution in [1.82, 2.24) is 9.97 Å². The largest absolute Gasteiger partial charge is 0.337 e. The molecule has 5 heteroatoms. The average molecular weight is 404 g/mol. The fourth-order valence-corrected chi connectivity index (χ4v) is 3.30. The molecule has 3 rings (SSSR count). The molecule has 0 aliphatic rings. The second-order valence-electron chi connectivity index (χ2n) is 7.21. The van der Waals surface area contributed by atoms with Gasteiger partial charge in [0.25, 0.3) is 0 Å². The molecule has 0 atom stereocenters. The van der Waals surface area contributed by atoms with Gasteiger partial charge in [0, 0.05) is 24.1 Å². The molecule has 29 heavy (non-hydrogen) atoms. The minimum Gasteiger partial charge on any atom is -0.337 e. The molecule has 0 fully saturated rings. The summed E-state index contributed by atoms with van der Waals surface area (Å²) < 4.78 is 0. The predicted molar refractivity (Wildman–Crippen MR) is 118 cm³/mol. The van der Waals surface area contributed by atoms with E-state index in [1.807, 2.05) is 24.3 Å². The van der Waals surface area contributed by atoms with Crippen molar-refractivity contribution < 1.29 is 4.79 Å². The number of rotatable bonds is 7. The van der Waals surface area contributed by atoms with Crippen molar-refractivity contribution in [1.29, 1.82) is 0 Å². The second-order valence-corrected chi connectivity index (χ2v) is 7.62. The minimum atomic E-state index is 0.00817. The lowest BCUT2D eigenvalue weighted by molar-refractivity contribution is 0.0993. The molecule has 0 N–H and O–H groups in total. The Labute approximate surface area is 176 Å². The van der Waals surface area contributed by atoms with E-state index in [2.05, 4.69) is 34.6 Å². The van der Waals surface area contributed by atoms with Gasteiger partial charge in [-0.15, -0.1) is 6.42 Å². The molecule has 0 amide bonds. The Balaban J connectivity index is 1.92. The van der Waals surface area contributed by atoms with Gasteiger partial charge in [-0.1, -0.05) is 49.6 Å². The van der Waals surface area contributed by atoms with Crippen LogP contribution in [0, 0.1) is 18.3 Å². The van der Waals surface area contributed by atoms with E-state index >= 15 is 0 Å². The summed E-state index contributed by atoms with van der Waals surface area (Å²) in [4.78, 5) is 23.1. The first-order chi connectivity index (χ1) is 14.0. The molecule has 0 bridgehead atoms. The van der Waals surface area contributed by atoms with Crippen molar-refractivity contribution in [3.05, 3.63) is 82.9 Å². The molecule has 0 saturated heterocycles. The summed E-state index contributed by atoms with van der Waals surface area (Å²) in [5.74, 6) is 2.97. The van der Waals surface area contributed by atoms with E-state index < -0.39 is 0 Å². The second kappa shape index (κ2) is 9.36. The predicted octanol–water partition coefficient (Wildman–Crippen LogP) is 5.33. The van der Waals surface area contributed by atoms with E-state index in [1.165, 1.54) is 6.33 Å². The fourth-order valence-electron chi connectivity index (χ4n) is 3.08. The highest BCUT2D eigenvalue weighted by Crippen LogP contribution is 2.33. The van der Waals surface area contributed by atoms with E-state index in [0.29, 0.717) is 22.1 Å². The Morgan fingerprint density at radius 2 is 1.93 bits per heavy atom. The smallest absolute Gasteiger partial charge is 0.167 e. The van der Waals surface area contributed by atoms with Crippen LogP contribution < -0.4 is 4.90 Å². The zero-order chi connectivity index (χ0) is 20.8. The molecule has 0 aliphatic heterocycles. The Morgan fingerprint density at radius 1 is 1.17 bits per heavy atom. The van der Waals surface area contributed by atoms with Crippen LogP contribution in [0.1, 0.15) is 35.3 Å². The molecule has 0 radical (unpaired) electrons. The molecule has 146 valence electrons. The Hall–Kier alpha value is -3.16. The summed E-state index contributed by atoms with van der Waals surface area (Å²) in [5.41, 5.74) is 3.87. The van der Waals surface area contributed by atoms with Gasteiger partial charge in [-0.25, -0.2) is 9.97 Å². The normalized spacial score (nSPS) is 10.6. The minimum absolute atomic E-state index is 0.00817. The maximum Gasteiger partial charge on any atom is 0.167 e. The molecule has 0 saturated carbocycles. The molecule has 0 aliphatic carbocycles. The lowest BCUT2D eigenvalue weighted by Gasteiger charge is -2.27. The standard InChI is InChI=1S/C24H22ClN3O/c1-4-18-6-5-7-20(10-18)24(29)12-19-8-9-22(25)23(11-19)28(15-17(2)3)21-13-26-16-27-14-21/h1,5-11,13-14,16-17H,12,15H2,2-3H3. The van der Waals surface area contributed by atoms with Gasteiger partial charge < -0.3 is 4.90 Å². The average Bonchev–Trinajstić information content (AvgIpc) is 2.74. The topological polar surface area (TPSA) is 46.1 Å². The van der Waals surface area contributed by atoms with Gasteiger partial charge in [0.1, 0.15) is 6.33 Å². The van der Waals surface area contributed by atoms with Gasteiger partial charge in [0.2, 0.25) is 0 Å². The number of Topliss-reactive ketones (excluding diaryl/α,β-unsaturated/α-hetero) is 1. The number of hydrogen-bond donors (Lipinski definition) is 0. The van der Waals surface area contributed by atoms with E-state index in [-0.39, 0.29) is 12.2 Å². The molecule has 1 heterocycles. The van der Waals surface area contributed by atoms with Crippen LogP contribution in [0.5, 0.6) is 0 Å². The van der Waals surface area contributed by atoms with Crippen molar-refractivity contribution in [2.24, 2.45) is 5.92 Å². The Morgan fingerprint density at radius 3 is 2.62 bits per heavy atom. The van der Waals surface area contributed by atoms with Crippen LogP contribution in [0.2, 0.25) is 5.02 Å². The monoisotopic (exact) mass is 403 g/mol. The van der Waals surface area contributed by atoms with Crippen molar-refractivity contribution in [2.75, 3.05) is 11.4 Å². The number of ketones is 1. The zero-order valence-electron chi connectivity index (χ0n) is 16.5. The molecule has 0 spiro atoms. The third-order valence-electron chi connectivity index (χ3n) is 4.42. The summed E-state index contributed by atoms with van der Waals surface area (Å²) in [6, 6.07) is 12.8. The van der Waals surface area contributed by atoms with Crippen LogP contribution >= 0.6 is 11.6 Å². The molecule has 0 unspecified atom stereocenters. The van der Waals surface area contributed by atoms with E-state index in [0.717, 1.165) is 23.5 Å². The molecular formula is C24H22ClN3O. The molecule has 2 aromatic carbocycles. The van der Waals surface area contributed by atoms with Gasteiger partial charge in [-0.3, -0.25) is 4.79 Å². The van der Waals surface area contributed by atoms with Gasteiger partial charge in [0.05, 0.1) is 28.8 Å². The van der Waals surface area contributed by atoms with E-state index in [4.69, 9.17) is 18.0 Å². The van der Waals surface area contributed by atoms with Crippen LogP contribution in [-0.4, -0.2) is 22.3 Å². The summed E-state index contributed by atoms with van der Waals surface area (Å²) in [7, 11) is 0. The first-order valence-electron chi connectivity index (χ1n) is 9.38. The number of benzene rings is 2. The van der Waals surface area contributed by atoms with E-state index in [1.54, 1.807) is 30.6 Å². The van der Waals surface area contributed by atoms with Gasteiger partial charge in [-0.05, 0) is 35.7 Å². The molecule has 1 aromatic heterocycles. The van der Waals surface area contributed by atoms with Crippen molar-refractivity contribution >= 4 is 28.8 Å². The van der Waals surface area contributed by atoms with Crippen molar-refractivity contribution in [2.45, 2.75) is 20.3 Å². The summed E-state index contributed by atoms with van der Waals surface area (Å²) >= 11 is 6.53. The number of hydrogen-bond acceptors (Lipinski definition) is 4. The lowest BCUT2D eigenvalue weighted by Crippen LogP contribution is -2.23. The van der Waals surface area contributed by atoms with Crippen LogP contribution in [0.3, 0.4) is 0 Å². The quantitative estimate of drug-likeness (QED) is 0.395. The first kappa shape index (κ1) is 20.6. The maximum absolute atomic E-state index is 12.8. The van der Waals surface area contributed by atoms with E-state index in [9.17, 15) is 4.79 Å². The van der Waals surface area contributed by atoms with Crippen LogP contribution in [0.15, 0.2) is 61.2 Å². The number of halogens is 1. The Kier molecular flexibility index (Phi) is 6.64. The van der Waals surface area contributed by atoms with Crippen LogP contribution in [0.4, 0.5) is 11.4 Å². The van der Waals surface area contributed by atoms with Gasteiger partial charge in [-0.2, -0.15) is 0 Å². The summed E-state index contributed by atoms with van der Waals surface area (Å²) in [6.45, 7) is 5.02. The number of aromatic nitrogens is 2. The number of carbonyl (C=O) groups excluding carboxylic acids is 1. The van der Waals surface area contributed by atoms with Crippen LogP contribution in [0.25, 0.3) is 0 Å². The third-order valence-corrected chi connectivity index (χ3v) is 4.74. The molecule has 3 aromatic rings. The third kappa shape index (κ3) is 5.22. The van der Waals surface area contributed by atoms with Crippen LogP contribution in [-0.2, 0) is 6.42 Å². The first-order valence-corrected chi connectivity index (χ1v) is 9.76. The maximum atomic E-state index is 12.8. The summed E-state index contributed by atoms with van der Waals surface area (Å²) in [5, 5.41) is 0.611.